The number of nitrogens with one attached hydrogen (secondary N) is 1. The molecule has 0 aliphatic carbocycles. The molecular weight excluding hydrogens is 464 g/mol. The second-order valence-corrected chi connectivity index (χ2v) is 11.3. The number of para-hydroxylation sites is 1. The number of amides is 2. The van der Waals surface area contributed by atoms with E-state index in [1.54, 1.807) is 30.3 Å². The summed E-state index contributed by atoms with van der Waals surface area (Å²) in [5.41, 5.74) is 2.32. The lowest BCUT2D eigenvalue weighted by Gasteiger charge is -2.34. The molecule has 1 N–H and O–H groups in total. The standard InChI is InChI=1S/C26H38N4O4S/c1-7-24(26(32)27-17-20(2)3)29(18-22-15-13-21(4)14-16-22)25(31)19-30(35(33,34)28(5)6)23-11-9-8-10-12-23/h8-16,20,24H,7,17-19H2,1-6H3,(H,27,32)/t24-/m0/s1. The van der Waals surface area contributed by atoms with Crippen LogP contribution < -0.4 is 9.62 Å². The molecule has 0 aliphatic heterocycles. The normalized spacial score (nSPS) is 12.5. The molecule has 0 saturated heterocycles. The van der Waals surface area contributed by atoms with Gasteiger partial charge in [0.2, 0.25) is 11.8 Å². The molecule has 0 saturated carbocycles. The van der Waals surface area contributed by atoms with Gasteiger partial charge in [-0.15, -0.1) is 0 Å². The van der Waals surface area contributed by atoms with E-state index in [9.17, 15) is 18.0 Å². The van der Waals surface area contributed by atoms with E-state index in [2.05, 4.69) is 5.32 Å². The molecule has 0 fully saturated rings. The Kier molecular flexibility index (Phi) is 10.3. The summed E-state index contributed by atoms with van der Waals surface area (Å²) in [6, 6.07) is 15.5. The fourth-order valence-electron chi connectivity index (χ4n) is 3.54. The zero-order chi connectivity index (χ0) is 26.2. The van der Waals surface area contributed by atoms with E-state index in [1.807, 2.05) is 52.0 Å². The van der Waals surface area contributed by atoms with Gasteiger partial charge in [-0.05, 0) is 37.0 Å². The summed E-state index contributed by atoms with van der Waals surface area (Å²) in [5, 5.41) is 2.92. The van der Waals surface area contributed by atoms with Crippen LogP contribution in [-0.2, 0) is 26.3 Å². The van der Waals surface area contributed by atoms with E-state index >= 15 is 0 Å². The van der Waals surface area contributed by atoms with E-state index in [-0.39, 0.29) is 18.4 Å². The molecule has 35 heavy (non-hydrogen) atoms. The second-order valence-electron chi connectivity index (χ2n) is 9.20. The van der Waals surface area contributed by atoms with Crippen LogP contribution in [0.2, 0.25) is 0 Å². The third-order valence-corrected chi connectivity index (χ3v) is 7.43. The molecule has 2 amide bonds. The van der Waals surface area contributed by atoms with Gasteiger partial charge < -0.3 is 10.2 Å². The first-order chi connectivity index (χ1) is 16.5. The Balaban J connectivity index is 2.44. The first kappa shape index (κ1) is 28.3. The van der Waals surface area contributed by atoms with Gasteiger partial charge in [0.25, 0.3) is 0 Å². The maximum atomic E-state index is 13.7. The molecule has 2 aromatic rings. The van der Waals surface area contributed by atoms with Gasteiger partial charge >= 0.3 is 10.2 Å². The van der Waals surface area contributed by atoms with Gasteiger partial charge in [0.05, 0.1) is 5.69 Å². The number of hydrogen-bond acceptors (Lipinski definition) is 4. The minimum absolute atomic E-state index is 0.192. The number of nitrogens with zero attached hydrogens (tertiary/aromatic N) is 3. The van der Waals surface area contributed by atoms with E-state index in [0.717, 1.165) is 19.7 Å². The minimum Gasteiger partial charge on any atom is -0.354 e. The Labute approximate surface area is 210 Å². The van der Waals surface area contributed by atoms with Crippen molar-refractivity contribution in [1.82, 2.24) is 14.5 Å². The number of carbonyl (C=O) groups is 2. The van der Waals surface area contributed by atoms with Gasteiger partial charge in [-0.2, -0.15) is 12.7 Å². The molecule has 0 heterocycles. The third-order valence-electron chi connectivity index (χ3n) is 5.61. The van der Waals surface area contributed by atoms with Crippen molar-refractivity contribution in [2.24, 2.45) is 5.92 Å². The summed E-state index contributed by atoms with van der Waals surface area (Å²) in [4.78, 5) is 28.3. The van der Waals surface area contributed by atoms with Crippen molar-refractivity contribution in [2.45, 2.75) is 46.7 Å². The highest BCUT2D eigenvalue weighted by molar-refractivity contribution is 7.90. The zero-order valence-corrected chi connectivity index (χ0v) is 22.4. The summed E-state index contributed by atoms with van der Waals surface area (Å²) in [6.07, 6.45) is 0.396. The van der Waals surface area contributed by atoms with Gasteiger partial charge in [0, 0.05) is 27.2 Å². The summed E-state index contributed by atoms with van der Waals surface area (Å²) < 4.78 is 28.4. The summed E-state index contributed by atoms with van der Waals surface area (Å²) in [7, 11) is -1.11. The van der Waals surface area contributed by atoms with Crippen molar-refractivity contribution in [1.29, 1.82) is 0 Å². The highest BCUT2D eigenvalue weighted by atomic mass is 32.2. The number of hydrogen-bond donors (Lipinski definition) is 1. The topological polar surface area (TPSA) is 90.0 Å². The number of benzene rings is 2. The van der Waals surface area contributed by atoms with Crippen LogP contribution in [0, 0.1) is 12.8 Å². The maximum absolute atomic E-state index is 13.7. The van der Waals surface area contributed by atoms with Crippen LogP contribution in [0.15, 0.2) is 54.6 Å². The van der Waals surface area contributed by atoms with Crippen molar-refractivity contribution in [3.05, 3.63) is 65.7 Å². The Morgan fingerprint density at radius 1 is 0.971 bits per heavy atom. The quantitative estimate of drug-likeness (QED) is 0.483. The zero-order valence-electron chi connectivity index (χ0n) is 21.6. The second kappa shape index (κ2) is 12.7. The van der Waals surface area contributed by atoms with Crippen LogP contribution >= 0.6 is 0 Å². The first-order valence-corrected chi connectivity index (χ1v) is 13.2. The molecule has 0 aliphatic rings. The predicted octanol–water partition coefficient (Wildman–Crippen LogP) is 3.19. The van der Waals surface area contributed by atoms with Gasteiger partial charge in [-0.25, -0.2) is 4.31 Å². The number of anilines is 1. The lowest BCUT2D eigenvalue weighted by molar-refractivity contribution is -0.140. The minimum atomic E-state index is -3.95. The van der Waals surface area contributed by atoms with Crippen LogP contribution in [0.4, 0.5) is 5.69 Å². The van der Waals surface area contributed by atoms with Gasteiger partial charge in [0.1, 0.15) is 12.6 Å². The maximum Gasteiger partial charge on any atom is 0.304 e. The smallest absolute Gasteiger partial charge is 0.304 e. The molecule has 0 bridgehead atoms. The van der Waals surface area contributed by atoms with Gasteiger partial charge in [-0.3, -0.25) is 9.59 Å². The van der Waals surface area contributed by atoms with Crippen LogP contribution in [0.3, 0.4) is 0 Å². The molecule has 0 spiro atoms. The lowest BCUT2D eigenvalue weighted by atomic mass is 10.1. The summed E-state index contributed by atoms with van der Waals surface area (Å²) in [5.74, 6) is -0.439. The Hall–Kier alpha value is -2.91. The number of carbonyl (C=O) groups excluding carboxylic acids is 2. The Morgan fingerprint density at radius 2 is 1.57 bits per heavy atom. The molecule has 2 rings (SSSR count). The largest absolute Gasteiger partial charge is 0.354 e. The molecule has 192 valence electrons. The SMILES string of the molecule is CC[C@@H](C(=O)NCC(C)C)N(Cc1ccc(C)cc1)C(=O)CN(c1ccccc1)S(=O)(=O)N(C)C. The molecule has 1 atom stereocenters. The van der Waals surface area contributed by atoms with Crippen molar-refractivity contribution in [3.8, 4) is 0 Å². The molecule has 0 aromatic heterocycles. The first-order valence-electron chi connectivity index (χ1n) is 11.8. The van der Waals surface area contributed by atoms with E-state index < -0.39 is 28.7 Å². The van der Waals surface area contributed by atoms with Gasteiger partial charge in [-0.1, -0.05) is 68.8 Å². The van der Waals surface area contributed by atoms with E-state index in [4.69, 9.17) is 0 Å². The van der Waals surface area contributed by atoms with Crippen molar-refractivity contribution in [2.75, 3.05) is 31.5 Å². The van der Waals surface area contributed by atoms with Crippen LogP contribution in [0.5, 0.6) is 0 Å². The average molecular weight is 503 g/mol. The van der Waals surface area contributed by atoms with Crippen molar-refractivity contribution < 1.29 is 18.0 Å². The molecule has 0 unspecified atom stereocenters. The fraction of sp³-hybridized carbons (Fsp3) is 0.462. The van der Waals surface area contributed by atoms with Crippen LogP contribution in [-0.4, -0.2) is 62.7 Å². The lowest BCUT2D eigenvalue weighted by Crippen LogP contribution is -2.53. The van der Waals surface area contributed by atoms with Crippen molar-refractivity contribution >= 4 is 27.7 Å². The summed E-state index contributed by atoms with van der Waals surface area (Å²) in [6.45, 7) is 8.08. The molecule has 9 heteroatoms. The number of aryl methyl sites for hydroxylation is 1. The Morgan fingerprint density at radius 3 is 2.09 bits per heavy atom. The predicted molar refractivity (Wildman–Crippen MR) is 140 cm³/mol. The Bertz CT molecular complexity index is 1070. The third kappa shape index (κ3) is 7.80. The van der Waals surface area contributed by atoms with Crippen molar-refractivity contribution in [3.63, 3.8) is 0 Å². The fourth-order valence-corrected chi connectivity index (χ4v) is 4.60. The monoisotopic (exact) mass is 502 g/mol. The van der Waals surface area contributed by atoms with Gasteiger partial charge in [0.15, 0.2) is 0 Å². The highest BCUT2D eigenvalue weighted by Crippen LogP contribution is 2.21. The van der Waals surface area contributed by atoms with Crippen LogP contribution in [0.1, 0.15) is 38.3 Å². The number of rotatable bonds is 12. The van der Waals surface area contributed by atoms with E-state index in [0.29, 0.717) is 18.7 Å². The molecule has 2 aromatic carbocycles. The summed E-state index contributed by atoms with van der Waals surface area (Å²) >= 11 is 0. The average Bonchev–Trinajstić information content (AvgIpc) is 2.82. The molecular formula is C26H38N4O4S. The van der Waals surface area contributed by atoms with Crippen LogP contribution in [0.25, 0.3) is 0 Å². The molecule has 0 radical (unpaired) electrons. The van der Waals surface area contributed by atoms with E-state index in [1.165, 1.54) is 19.0 Å². The highest BCUT2D eigenvalue weighted by Gasteiger charge is 2.33. The molecule has 8 nitrogen and oxygen atoms in total.